The molecule has 1 atom stereocenters. The number of nitrogens with one attached hydrogen (secondary N) is 1. The van der Waals surface area contributed by atoms with Crippen molar-refractivity contribution in [1.29, 1.82) is 0 Å². The average Bonchev–Trinajstić information content (AvgIpc) is 2.14. The van der Waals surface area contributed by atoms with Crippen LogP contribution < -0.4 is 5.32 Å². The molecule has 0 saturated carbocycles. The van der Waals surface area contributed by atoms with Crippen LogP contribution in [0.1, 0.15) is 17.3 Å². The Kier molecular flexibility index (Phi) is 4.23. The lowest BCUT2D eigenvalue weighted by Gasteiger charge is -2.08. The van der Waals surface area contributed by atoms with Crippen molar-refractivity contribution in [2.45, 2.75) is 13.0 Å². The Labute approximate surface area is 95.4 Å². The van der Waals surface area contributed by atoms with Crippen LogP contribution in [0, 0.1) is 5.82 Å². The summed E-state index contributed by atoms with van der Waals surface area (Å²) in [6, 6.07) is 4.30. The lowest BCUT2D eigenvalue weighted by Crippen LogP contribution is -2.31. The maximum atomic E-state index is 13.3. The van der Waals surface area contributed by atoms with E-state index in [1.807, 2.05) is 0 Å². The number of hydrogen-bond acceptors (Lipinski definition) is 2. The van der Waals surface area contributed by atoms with Crippen LogP contribution in [0.15, 0.2) is 22.7 Å². The summed E-state index contributed by atoms with van der Waals surface area (Å²) in [6.07, 6.45) is -0.653. The van der Waals surface area contributed by atoms with Gasteiger partial charge in [0.15, 0.2) is 0 Å². The number of carbonyl (C=O) groups is 1. The van der Waals surface area contributed by atoms with Gasteiger partial charge in [-0.1, -0.05) is 6.07 Å². The normalized spacial score (nSPS) is 12.3. The molecule has 0 aliphatic rings. The Bertz CT molecular complexity index is 348. The van der Waals surface area contributed by atoms with Crippen molar-refractivity contribution in [3.05, 3.63) is 34.1 Å². The zero-order valence-corrected chi connectivity index (χ0v) is 9.71. The zero-order valence-electron chi connectivity index (χ0n) is 8.13. The molecular weight excluding hydrogens is 265 g/mol. The molecule has 82 valence electrons. The predicted octanol–water partition coefficient (Wildman–Crippen LogP) is 1.70. The summed E-state index contributed by atoms with van der Waals surface area (Å²) in [7, 11) is 0. The second kappa shape index (κ2) is 5.23. The molecule has 3 nitrogen and oxygen atoms in total. The van der Waals surface area contributed by atoms with Crippen molar-refractivity contribution < 1.29 is 14.3 Å². The fourth-order valence-corrected chi connectivity index (χ4v) is 1.57. The van der Waals surface area contributed by atoms with Crippen LogP contribution >= 0.6 is 15.9 Å². The molecule has 5 heteroatoms. The van der Waals surface area contributed by atoms with E-state index in [-0.39, 0.29) is 12.1 Å². The van der Waals surface area contributed by atoms with Gasteiger partial charge in [0.1, 0.15) is 5.82 Å². The van der Waals surface area contributed by atoms with E-state index in [0.717, 1.165) is 0 Å². The molecule has 0 saturated heterocycles. The van der Waals surface area contributed by atoms with E-state index in [9.17, 15) is 9.18 Å². The third kappa shape index (κ3) is 3.28. The minimum atomic E-state index is -0.653. The largest absolute Gasteiger partial charge is 0.392 e. The molecule has 0 aliphatic carbocycles. The zero-order chi connectivity index (χ0) is 11.4. The fourth-order valence-electron chi connectivity index (χ4n) is 1.04. The van der Waals surface area contributed by atoms with E-state index in [1.54, 1.807) is 6.07 Å². The molecule has 1 rings (SSSR count). The van der Waals surface area contributed by atoms with Crippen LogP contribution in [0.2, 0.25) is 0 Å². The van der Waals surface area contributed by atoms with Gasteiger partial charge in [0.25, 0.3) is 5.91 Å². The predicted molar refractivity (Wildman–Crippen MR) is 58.1 cm³/mol. The van der Waals surface area contributed by atoms with Crippen LogP contribution in [0.5, 0.6) is 0 Å². The maximum absolute atomic E-state index is 13.3. The summed E-state index contributed by atoms with van der Waals surface area (Å²) in [4.78, 5) is 11.5. The Morgan fingerprint density at radius 3 is 2.87 bits per heavy atom. The SMILES string of the molecule is CC(O)CNC(=O)c1c(F)cccc1Br. The number of amides is 1. The smallest absolute Gasteiger partial charge is 0.255 e. The molecular formula is C10H11BrFNO2. The molecule has 0 fully saturated rings. The van der Waals surface area contributed by atoms with E-state index in [4.69, 9.17) is 5.11 Å². The summed E-state index contributed by atoms with van der Waals surface area (Å²) in [6.45, 7) is 1.64. The van der Waals surface area contributed by atoms with Crippen molar-refractivity contribution in [1.82, 2.24) is 5.32 Å². The maximum Gasteiger partial charge on any atom is 0.255 e. The number of benzene rings is 1. The first-order valence-corrected chi connectivity index (χ1v) is 5.22. The molecule has 0 aliphatic heterocycles. The quantitative estimate of drug-likeness (QED) is 0.882. The van der Waals surface area contributed by atoms with Crippen molar-refractivity contribution in [3.63, 3.8) is 0 Å². The molecule has 0 spiro atoms. The van der Waals surface area contributed by atoms with Gasteiger partial charge in [0.2, 0.25) is 0 Å². The van der Waals surface area contributed by atoms with E-state index >= 15 is 0 Å². The van der Waals surface area contributed by atoms with Gasteiger partial charge >= 0.3 is 0 Å². The molecule has 1 aromatic carbocycles. The highest BCUT2D eigenvalue weighted by Crippen LogP contribution is 2.19. The van der Waals surface area contributed by atoms with E-state index < -0.39 is 17.8 Å². The van der Waals surface area contributed by atoms with E-state index in [0.29, 0.717) is 4.47 Å². The molecule has 15 heavy (non-hydrogen) atoms. The van der Waals surface area contributed by atoms with Gasteiger partial charge in [-0.25, -0.2) is 4.39 Å². The highest BCUT2D eigenvalue weighted by Gasteiger charge is 2.15. The van der Waals surface area contributed by atoms with Crippen LogP contribution in [-0.4, -0.2) is 23.7 Å². The van der Waals surface area contributed by atoms with E-state index in [2.05, 4.69) is 21.2 Å². The highest BCUT2D eigenvalue weighted by molar-refractivity contribution is 9.10. The number of carbonyl (C=O) groups excluding carboxylic acids is 1. The van der Waals surface area contributed by atoms with Crippen molar-refractivity contribution in [3.8, 4) is 0 Å². The summed E-state index contributed by atoms with van der Waals surface area (Å²) < 4.78 is 13.7. The average molecular weight is 276 g/mol. The highest BCUT2D eigenvalue weighted by atomic mass is 79.9. The molecule has 0 bridgehead atoms. The number of hydrogen-bond donors (Lipinski definition) is 2. The monoisotopic (exact) mass is 275 g/mol. The standard InChI is InChI=1S/C10H11BrFNO2/c1-6(14)5-13-10(15)9-7(11)3-2-4-8(9)12/h2-4,6,14H,5H2,1H3,(H,13,15). The van der Waals surface area contributed by atoms with Crippen LogP contribution in [0.25, 0.3) is 0 Å². The minimum absolute atomic E-state index is 0.0434. The van der Waals surface area contributed by atoms with Gasteiger partial charge < -0.3 is 10.4 Å². The van der Waals surface area contributed by atoms with Crippen molar-refractivity contribution >= 4 is 21.8 Å². The van der Waals surface area contributed by atoms with Gasteiger partial charge in [0, 0.05) is 11.0 Å². The van der Waals surface area contributed by atoms with Crippen LogP contribution in [-0.2, 0) is 0 Å². The topological polar surface area (TPSA) is 49.3 Å². The third-order valence-electron chi connectivity index (χ3n) is 1.75. The number of rotatable bonds is 3. The Hall–Kier alpha value is -0.940. The van der Waals surface area contributed by atoms with Gasteiger partial charge in [-0.15, -0.1) is 0 Å². The molecule has 1 amide bonds. The summed E-state index contributed by atoms with van der Waals surface area (Å²) >= 11 is 3.09. The molecule has 0 heterocycles. The molecule has 2 N–H and O–H groups in total. The summed E-state index contributed by atoms with van der Waals surface area (Å²) in [5.41, 5.74) is -0.0434. The first-order valence-electron chi connectivity index (χ1n) is 4.42. The molecule has 0 radical (unpaired) electrons. The first kappa shape index (κ1) is 12.1. The Morgan fingerprint density at radius 1 is 1.67 bits per heavy atom. The summed E-state index contributed by atoms with van der Waals surface area (Å²) in [5.74, 6) is -1.13. The second-order valence-electron chi connectivity index (χ2n) is 3.16. The number of aliphatic hydroxyl groups excluding tert-OH is 1. The van der Waals surface area contributed by atoms with Gasteiger partial charge in [0.05, 0.1) is 11.7 Å². The lowest BCUT2D eigenvalue weighted by atomic mass is 10.2. The first-order chi connectivity index (χ1) is 7.02. The van der Waals surface area contributed by atoms with Crippen molar-refractivity contribution in [2.75, 3.05) is 6.54 Å². The van der Waals surface area contributed by atoms with Gasteiger partial charge in [-0.05, 0) is 35.0 Å². The fraction of sp³-hybridized carbons (Fsp3) is 0.300. The van der Waals surface area contributed by atoms with Gasteiger partial charge in [-0.2, -0.15) is 0 Å². The Balaban J connectivity index is 2.82. The van der Waals surface area contributed by atoms with Crippen LogP contribution in [0.4, 0.5) is 4.39 Å². The van der Waals surface area contributed by atoms with Gasteiger partial charge in [-0.3, -0.25) is 4.79 Å². The number of halogens is 2. The molecule has 1 unspecified atom stereocenters. The molecule has 0 aromatic heterocycles. The minimum Gasteiger partial charge on any atom is -0.392 e. The second-order valence-corrected chi connectivity index (χ2v) is 4.01. The lowest BCUT2D eigenvalue weighted by molar-refractivity contribution is 0.0919. The van der Waals surface area contributed by atoms with Crippen molar-refractivity contribution in [2.24, 2.45) is 0 Å². The third-order valence-corrected chi connectivity index (χ3v) is 2.41. The molecule has 1 aromatic rings. The summed E-state index contributed by atoms with van der Waals surface area (Å²) in [5, 5.41) is 11.4. The van der Waals surface area contributed by atoms with Crippen LogP contribution in [0.3, 0.4) is 0 Å². The number of aliphatic hydroxyl groups is 1. The van der Waals surface area contributed by atoms with E-state index in [1.165, 1.54) is 19.1 Å². The Morgan fingerprint density at radius 2 is 2.33 bits per heavy atom.